The van der Waals surface area contributed by atoms with Gasteiger partial charge in [0.2, 0.25) is 5.91 Å². The van der Waals surface area contributed by atoms with E-state index < -0.39 is 30.0 Å². The van der Waals surface area contributed by atoms with Crippen LogP contribution in [-0.2, 0) is 20.9 Å². The summed E-state index contributed by atoms with van der Waals surface area (Å²) < 4.78 is 5.79. The maximum Gasteiger partial charge on any atom is 0.410 e. The Morgan fingerprint density at radius 3 is 2.10 bits per heavy atom. The zero-order valence-corrected chi connectivity index (χ0v) is 22.0. The van der Waals surface area contributed by atoms with Gasteiger partial charge in [0, 0.05) is 19.5 Å². The van der Waals surface area contributed by atoms with E-state index in [1.165, 1.54) is 19.8 Å². The second-order valence-corrected chi connectivity index (χ2v) is 9.98. The van der Waals surface area contributed by atoms with Crippen molar-refractivity contribution in [2.45, 2.75) is 24.9 Å². The molecule has 1 aliphatic carbocycles. The number of nitrogens with zero attached hydrogens (tertiary/aromatic N) is 2. The van der Waals surface area contributed by atoms with Crippen LogP contribution in [0.1, 0.15) is 29.0 Å². The van der Waals surface area contributed by atoms with Gasteiger partial charge in [-0.1, -0.05) is 78.9 Å². The Morgan fingerprint density at radius 2 is 1.51 bits per heavy atom. The molecule has 5 rings (SSSR count). The summed E-state index contributed by atoms with van der Waals surface area (Å²) in [5, 5.41) is 2.52. The Kier molecular flexibility index (Phi) is 7.50. The van der Waals surface area contributed by atoms with Gasteiger partial charge < -0.3 is 14.8 Å². The molecule has 3 aromatic carbocycles. The fourth-order valence-electron chi connectivity index (χ4n) is 5.65. The number of rotatable bonds is 6. The van der Waals surface area contributed by atoms with Gasteiger partial charge in [0.1, 0.15) is 12.3 Å². The number of benzene rings is 3. The maximum atomic E-state index is 13.5. The molecule has 0 spiro atoms. The normalized spacial score (nSPS) is 17.7. The average Bonchev–Trinajstić information content (AvgIpc) is 3.55. The number of urea groups is 1. The number of amides is 4. The molecule has 39 heavy (non-hydrogen) atoms. The first-order valence-electron chi connectivity index (χ1n) is 13.1. The Labute approximate surface area is 228 Å². The van der Waals surface area contributed by atoms with E-state index in [9.17, 15) is 19.2 Å². The van der Waals surface area contributed by atoms with Gasteiger partial charge in [-0.3, -0.25) is 14.6 Å². The van der Waals surface area contributed by atoms with Crippen LogP contribution >= 0.6 is 0 Å². The summed E-state index contributed by atoms with van der Waals surface area (Å²) in [7, 11) is 2.87. The molecule has 1 saturated heterocycles. The molecule has 1 heterocycles. The van der Waals surface area contributed by atoms with Crippen LogP contribution in [0.5, 0.6) is 0 Å². The van der Waals surface area contributed by atoms with Gasteiger partial charge >= 0.3 is 12.1 Å². The molecule has 9 heteroatoms. The first kappa shape index (κ1) is 26.2. The van der Waals surface area contributed by atoms with E-state index >= 15 is 0 Å². The summed E-state index contributed by atoms with van der Waals surface area (Å²) in [6, 6.07) is 24.0. The lowest BCUT2D eigenvalue weighted by atomic mass is 9.91. The Hall–Kier alpha value is -4.40. The first-order chi connectivity index (χ1) is 18.9. The highest BCUT2D eigenvalue weighted by molar-refractivity contribution is 6.59. The Bertz CT molecular complexity index is 1370. The lowest BCUT2D eigenvalue weighted by Gasteiger charge is -2.24. The van der Waals surface area contributed by atoms with Crippen LogP contribution < -0.4 is 5.32 Å². The molecule has 2 atom stereocenters. The minimum atomic E-state index is -0.794. The Balaban J connectivity index is 1.31. The lowest BCUT2D eigenvalue weighted by Crippen LogP contribution is -2.45. The highest BCUT2D eigenvalue weighted by Crippen LogP contribution is 2.44. The topological polar surface area (TPSA) is 96.0 Å². The standard InChI is InChI=1S/C30H30BN3O5/c1-32-29(37)34(16-19-9-3-2-4-10-19)28(36)20-15-26(27(31)35)33(17-20)30(38)39-18-25-23-13-7-5-11-21(23)22-12-6-8-14-24(22)25/h2-14,20,25-26H,15-18,31H2,1H3,(H,32,37). The second kappa shape index (κ2) is 11.1. The molecule has 1 fully saturated rings. The smallest absolute Gasteiger partial charge is 0.410 e. The monoisotopic (exact) mass is 523 g/mol. The number of imide groups is 1. The van der Waals surface area contributed by atoms with Crippen molar-refractivity contribution in [3.05, 3.63) is 95.6 Å². The predicted molar refractivity (Wildman–Crippen MR) is 149 cm³/mol. The molecule has 1 aliphatic heterocycles. The zero-order valence-electron chi connectivity index (χ0n) is 22.0. The molecule has 2 aliphatic rings. The minimum absolute atomic E-state index is 0.00202. The fourth-order valence-corrected chi connectivity index (χ4v) is 5.65. The molecule has 4 amide bonds. The molecule has 198 valence electrons. The van der Waals surface area contributed by atoms with Crippen molar-refractivity contribution in [1.29, 1.82) is 0 Å². The number of likely N-dealkylation sites (tertiary alicyclic amines) is 1. The fraction of sp³-hybridized carbons (Fsp3) is 0.267. The molecule has 3 aromatic rings. The van der Waals surface area contributed by atoms with Crippen LogP contribution in [-0.4, -0.2) is 67.6 Å². The van der Waals surface area contributed by atoms with E-state index in [2.05, 4.69) is 17.4 Å². The van der Waals surface area contributed by atoms with Crippen LogP contribution in [0.25, 0.3) is 11.1 Å². The van der Waals surface area contributed by atoms with Crippen molar-refractivity contribution in [1.82, 2.24) is 15.1 Å². The number of hydrogen-bond donors (Lipinski definition) is 1. The van der Waals surface area contributed by atoms with E-state index in [0.717, 1.165) is 32.7 Å². The van der Waals surface area contributed by atoms with Gasteiger partial charge in [-0.2, -0.15) is 0 Å². The van der Waals surface area contributed by atoms with Gasteiger partial charge in [-0.05, 0) is 34.2 Å². The summed E-state index contributed by atoms with van der Waals surface area (Å²) in [6.07, 6.45) is -0.498. The maximum absolute atomic E-state index is 13.5. The van der Waals surface area contributed by atoms with Crippen LogP contribution in [0.4, 0.5) is 9.59 Å². The van der Waals surface area contributed by atoms with Gasteiger partial charge in [-0.25, -0.2) is 9.59 Å². The highest BCUT2D eigenvalue weighted by Gasteiger charge is 2.44. The van der Waals surface area contributed by atoms with Gasteiger partial charge in [0.15, 0.2) is 7.85 Å². The molecule has 8 nitrogen and oxygen atoms in total. The van der Waals surface area contributed by atoms with E-state index in [-0.39, 0.29) is 37.7 Å². The molecular formula is C30H30BN3O5. The van der Waals surface area contributed by atoms with E-state index in [1.807, 2.05) is 66.7 Å². The predicted octanol–water partition coefficient (Wildman–Crippen LogP) is 3.15. The molecule has 0 aromatic heterocycles. The largest absolute Gasteiger partial charge is 0.448 e. The van der Waals surface area contributed by atoms with Gasteiger partial charge in [-0.15, -0.1) is 0 Å². The lowest BCUT2D eigenvalue weighted by molar-refractivity contribution is -0.132. The van der Waals surface area contributed by atoms with Crippen molar-refractivity contribution in [2.24, 2.45) is 5.92 Å². The van der Waals surface area contributed by atoms with Crippen LogP contribution in [0, 0.1) is 5.92 Å². The first-order valence-corrected chi connectivity index (χ1v) is 13.1. The average molecular weight is 523 g/mol. The number of ether oxygens (including phenoxy) is 1. The van der Waals surface area contributed by atoms with Crippen molar-refractivity contribution in [2.75, 3.05) is 20.2 Å². The zero-order chi connectivity index (χ0) is 27.5. The number of carbonyl (C=O) groups is 4. The molecule has 0 bridgehead atoms. The summed E-state index contributed by atoms with van der Waals surface area (Å²) in [5.41, 5.74) is 4.99. The number of carbonyl (C=O) groups excluding carboxylic acids is 4. The Morgan fingerprint density at radius 1 is 0.923 bits per heavy atom. The number of nitrogens with one attached hydrogen (secondary N) is 1. The quantitative estimate of drug-likeness (QED) is 0.501. The van der Waals surface area contributed by atoms with E-state index in [1.54, 1.807) is 0 Å². The van der Waals surface area contributed by atoms with E-state index in [0.29, 0.717) is 0 Å². The summed E-state index contributed by atoms with van der Waals surface area (Å²) >= 11 is 0. The van der Waals surface area contributed by atoms with Gasteiger partial charge in [0.05, 0.1) is 18.5 Å². The minimum Gasteiger partial charge on any atom is -0.448 e. The third-order valence-electron chi connectivity index (χ3n) is 7.60. The van der Waals surface area contributed by atoms with E-state index in [4.69, 9.17) is 4.74 Å². The number of fused-ring (bicyclic) bond motifs is 3. The third kappa shape index (κ3) is 5.17. The van der Waals surface area contributed by atoms with Crippen LogP contribution in [0.15, 0.2) is 78.9 Å². The summed E-state index contributed by atoms with van der Waals surface area (Å²) in [6.45, 7) is 0.207. The third-order valence-corrected chi connectivity index (χ3v) is 7.60. The summed E-state index contributed by atoms with van der Waals surface area (Å²) in [5.74, 6) is -1.26. The van der Waals surface area contributed by atoms with Crippen molar-refractivity contribution < 1.29 is 23.9 Å². The van der Waals surface area contributed by atoms with Crippen LogP contribution in [0.3, 0.4) is 0 Å². The molecule has 0 saturated carbocycles. The van der Waals surface area contributed by atoms with Crippen molar-refractivity contribution >= 4 is 31.6 Å². The molecular weight excluding hydrogens is 493 g/mol. The van der Waals surface area contributed by atoms with Crippen molar-refractivity contribution in [3.63, 3.8) is 0 Å². The molecule has 1 N–H and O–H groups in total. The van der Waals surface area contributed by atoms with Gasteiger partial charge in [0.25, 0.3) is 0 Å². The molecule has 0 radical (unpaired) electrons. The van der Waals surface area contributed by atoms with Crippen molar-refractivity contribution in [3.8, 4) is 11.1 Å². The number of hydrogen-bond acceptors (Lipinski definition) is 5. The SMILES string of the molecule is BC(=O)C1CC(C(=O)N(Cc2ccccc2)C(=O)NC)CN1C(=O)OCC1c2ccccc2-c2ccccc21. The van der Waals surface area contributed by atoms with Crippen LogP contribution in [0.2, 0.25) is 0 Å². The molecule has 2 unspecified atom stereocenters. The second-order valence-electron chi connectivity index (χ2n) is 9.98. The highest BCUT2D eigenvalue weighted by atomic mass is 16.6. The summed E-state index contributed by atoms with van der Waals surface area (Å²) in [4.78, 5) is 54.4.